The van der Waals surface area contributed by atoms with E-state index >= 15 is 0 Å². The van der Waals surface area contributed by atoms with Crippen molar-refractivity contribution >= 4 is 37.6 Å². The summed E-state index contributed by atoms with van der Waals surface area (Å²) in [6.45, 7) is 4.36. The van der Waals surface area contributed by atoms with Crippen LogP contribution in [0.25, 0.3) is 0 Å². The molecule has 0 aromatic heterocycles. The topological polar surface area (TPSA) is 111 Å². The zero-order valence-corrected chi connectivity index (χ0v) is 17.0. The third-order valence-corrected chi connectivity index (χ3v) is 8.17. The molecule has 144 valence electrons. The van der Waals surface area contributed by atoms with Crippen molar-refractivity contribution in [2.24, 2.45) is 9.36 Å². The fourth-order valence-electron chi connectivity index (χ4n) is 2.85. The maximum absolute atomic E-state index is 14.5. The Morgan fingerprint density at radius 2 is 2.12 bits per heavy atom. The van der Waals surface area contributed by atoms with Gasteiger partial charge >= 0.3 is 6.09 Å². The molecule has 0 fully saturated rings. The number of aliphatic hydroxyl groups is 1. The van der Waals surface area contributed by atoms with E-state index in [0.717, 1.165) is 0 Å². The molecule has 1 aliphatic heterocycles. The molecule has 26 heavy (non-hydrogen) atoms. The van der Waals surface area contributed by atoms with Crippen LogP contribution in [0.5, 0.6) is 0 Å². The number of carboxylic acid groups (broad SMARTS) is 1. The molecule has 0 radical (unpaired) electrons. The number of amides is 1. The Morgan fingerprint density at radius 1 is 1.46 bits per heavy atom. The van der Waals surface area contributed by atoms with Gasteiger partial charge in [0, 0.05) is 10.0 Å². The average molecular weight is 450 g/mol. The van der Waals surface area contributed by atoms with Crippen molar-refractivity contribution < 1.29 is 23.6 Å². The molecule has 0 spiro atoms. The van der Waals surface area contributed by atoms with Crippen LogP contribution in [0.2, 0.25) is 0 Å². The van der Waals surface area contributed by atoms with Gasteiger partial charge < -0.3 is 10.2 Å². The van der Waals surface area contributed by atoms with Crippen LogP contribution in [-0.4, -0.2) is 50.0 Å². The summed E-state index contributed by atoms with van der Waals surface area (Å²) in [7, 11) is -3.08. The minimum Gasteiger partial charge on any atom is -0.465 e. The summed E-state index contributed by atoms with van der Waals surface area (Å²) in [5.41, 5.74) is -1.11. The van der Waals surface area contributed by atoms with Crippen molar-refractivity contribution in [3.05, 3.63) is 34.1 Å². The number of rotatable bonds is 3. The van der Waals surface area contributed by atoms with Crippen LogP contribution in [0.4, 0.5) is 9.18 Å². The van der Waals surface area contributed by atoms with Crippen LogP contribution < -0.4 is 5.32 Å². The van der Waals surface area contributed by atoms with Gasteiger partial charge in [-0.25, -0.2) is 17.8 Å². The number of amidine groups is 1. The SMILES string of the molecule is CC1(C)C(NC(=O)O)=N[C@](C)(c2cc(Br)ccc2F)CS1(=O)=NCCO. The Balaban J connectivity index is 2.76. The van der Waals surface area contributed by atoms with E-state index in [1.165, 1.54) is 18.2 Å². The summed E-state index contributed by atoms with van der Waals surface area (Å²) in [5, 5.41) is 20.4. The summed E-state index contributed by atoms with van der Waals surface area (Å²) < 4.78 is 31.7. The Kier molecular flexibility index (Phi) is 5.79. The normalized spacial score (nSPS) is 27.5. The molecule has 2 rings (SSSR count). The van der Waals surface area contributed by atoms with Gasteiger partial charge in [0.05, 0.1) is 28.6 Å². The molecule has 2 atom stereocenters. The lowest BCUT2D eigenvalue weighted by Crippen LogP contribution is -2.57. The number of aliphatic hydroxyl groups excluding tert-OH is 1. The lowest BCUT2D eigenvalue weighted by atomic mass is 9.93. The molecular weight excluding hydrogens is 429 g/mol. The molecule has 0 aliphatic carbocycles. The quantitative estimate of drug-likeness (QED) is 0.658. The van der Waals surface area contributed by atoms with E-state index in [9.17, 15) is 13.4 Å². The molecule has 10 heteroatoms. The molecule has 7 nitrogen and oxygen atoms in total. The van der Waals surface area contributed by atoms with Gasteiger partial charge in [-0.1, -0.05) is 15.9 Å². The summed E-state index contributed by atoms with van der Waals surface area (Å²) >= 11 is 3.28. The van der Waals surface area contributed by atoms with Crippen molar-refractivity contribution in [2.45, 2.75) is 31.1 Å². The molecule has 1 amide bonds. The largest absolute Gasteiger partial charge is 0.465 e. The van der Waals surface area contributed by atoms with Crippen LogP contribution in [0.3, 0.4) is 0 Å². The second kappa shape index (κ2) is 7.24. The van der Waals surface area contributed by atoms with E-state index in [2.05, 4.69) is 30.6 Å². The first-order valence-electron chi connectivity index (χ1n) is 7.82. The standard InChI is InChI=1S/C16H21BrFN3O4S/c1-15(2)13(20-14(23)24)21-16(3,9-26(15,25)19-6-7-22)11-8-10(17)4-5-12(11)18/h4-5,8,22H,6-7,9H2,1-3H3,(H,20,21)(H,23,24)/t16-,26?/m0/s1. The predicted octanol–water partition coefficient (Wildman–Crippen LogP) is 2.72. The van der Waals surface area contributed by atoms with Gasteiger partial charge in [0.15, 0.2) is 0 Å². The second-order valence-corrected chi connectivity index (χ2v) is 10.4. The maximum atomic E-state index is 14.5. The first-order valence-corrected chi connectivity index (χ1v) is 10.3. The number of hydrogen-bond acceptors (Lipinski definition) is 5. The van der Waals surface area contributed by atoms with Gasteiger partial charge in [-0.15, -0.1) is 0 Å². The summed E-state index contributed by atoms with van der Waals surface area (Å²) in [6, 6.07) is 4.32. The lowest BCUT2D eigenvalue weighted by Gasteiger charge is -2.41. The number of nitrogens with zero attached hydrogens (tertiary/aromatic N) is 2. The van der Waals surface area contributed by atoms with E-state index in [1.54, 1.807) is 20.8 Å². The Morgan fingerprint density at radius 3 is 2.69 bits per heavy atom. The monoisotopic (exact) mass is 449 g/mol. The minimum atomic E-state index is -3.08. The van der Waals surface area contributed by atoms with Crippen molar-refractivity contribution in [3.63, 3.8) is 0 Å². The summed E-state index contributed by atoms with van der Waals surface area (Å²) in [5.74, 6) is -0.701. The van der Waals surface area contributed by atoms with Crippen LogP contribution in [0.1, 0.15) is 26.3 Å². The van der Waals surface area contributed by atoms with Crippen LogP contribution in [0.15, 0.2) is 32.0 Å². The number of benzene rings is 1. The number of nitrogens with one attached hydrogen (secondary N) is 1. The molecule has 1 heterocycles. The van der Waals surface area contributed by atoms with Crippen LogP contribution >= 0.6 is 15.9 Å². The zero-order chi connectivity index (χ0) is 19.8. The van der Waals surface area contributed by atoms with Crippen molar-refractivity contribution in [1.82, 2.24) is 5.32 Å². The molecule has 1 aromatic rings. The molecule has 0 bridgehead atoms. The third-order valence-electron chi connectivity index (χ3n) is 4.34. The second-order valence-electron chi connectivity index (χ2n) is 6.66. The third kappa shape index (κ3) is 3.77. The minimum absolute atomic E-state index is 0.0511. The van der Waals surface area contributed by atoms with Gasteiger partial charge in [-0.3, -0.25) is 10.3 Å². The fourth-order valence-corrected chi connectivity index (χ4v) is 5.74. The van der Waals surface area contributed by atoms with Gasteiger partial charge in [-0.2, -0.15) is 0 Å². The number of halogens is 2. The first-order chi connectivity index (χ1) is 11.9. The van der Waals surface area contributed by atoms with Crippen molar-refractivity contribution in [1.29, 1.82) is 0 Å². The highest BCUT2D eigenvalue weighted by Gasteiger charge is 2.49. The molecule has 1 unspecified atom stereocenters. The van der Waals surface area contributed by atoms with Gasteiger partial charge in [0.1, 0.15) is 21.9 Å². The van der Waals surface area contributed by atoms with Gasteiger partial charge in [0.25, 0.3) is 0 Å². The van der Waals surface area contributed by atoms with E-state index in [4.69, 9.17) is 10.2 Å². The first kappa shape index (κ1) is 20.8. The highest BCUT2D eigenvalue weighted by molar-refractivity contribution is 9.10. The lowest BCUT2D eigenvalue weighted by molar-refractivity contribution is 0.199. The molecule has 1 aromatic carbocycles. The maximum Gasteiger partial charge on any atom is 0.410 e. The average Bonchev–Trinajstić information content (AvgIpc) is 2.52. The van der Waals surface area contributed by atoms with Crippen molar-refractivity contribution in [3.8, 4) is 0 Å². The Labute approximate surface area is 160 Å². The highest BCUT2D eigenvalue weighted by atomic mass is 79.9. The zero-order valence-electron chi connectivity index (χ0n) is 14.6. The molecule has 1 aliphatic rings. The fraction of sp³-hybridized carbons (Fsp3) is 0.500. The number of aliphatic imine (C=N–C) groups is 1. The molecule has 3 N–H and O–H groups in total. The molecule has 0 saturated heterocycles. The van der Waals surface area contributed by atoms with E-state index in [-0.39, 0.29) is 30.3 Å². The van der Waals surface area contributed by atoms with E-state index in [0.29, 0.717) is 4.47 Å². The molecular formula is C16H21BrFN3O4S. The van der Waals surface area contributed by atoms with Crippen LogP contribution in [0, 0.1) is 5.82 Å². The summed E-state index contributed by atoms with van der Waals surface area (Å²) in [4.78, 5) is 15.7. The van der Waals surface area contributed by atoms with E-state index < -0.39 is 31.9 Å². The van der Waals surface area contributed by atoms with Crippen LogP contribution in [-0.2, 0) is 15.3 Å². The van der Waals surface area contributed by atoms with Crippen molar-refractivity contribution in [2.75, 3.05) is 18.9 Å². The Hall–Kier alpha value is -1.52. The number of hydrogen-bond donors (Lipinski definition) is 3. The van der Waals surface area contributed by atoms with E-state index in [1.807, 2.05) is 0 Å². The number of carbonyl (C=O) groups is 1. The van der Waals surface area contributed by atoms with Gasteiger partial charge in [-0.05, 0) is 39.0 Å². The Bertz CT molecular complexity index is 880. The molecule has 0 saturated carbocycles. The summed E-state index contributed by atoms with van der Waals surface area (Å²) in [6.07, 6.45) is -1.36. The van der Waals surface area contributed by atoms with Gasteiger partial charge in [0.2, 0.25) is 0 Å². The predicted molar refractivity (Wildman–Crippen MR) is 102 cm³/mol. The smallest absolute Gasteiger partial charge is 0.410 e. The highest BCUT2D eigenvalue weighted by Crippen LogP contribution is 2.40.